The van der Waals surface area contributed by atoms with Gasteiger partial charge in [-0.15, -0.1) is 0 Å². The van der Waals surface area contributed by atoms with Crippen LogP contribution in [0.5, 0.6) is 0 Å². The summed E-state index contributed by atoms with van der Waals surface area (Å²) in [5.74, 6) is -0.470. The number of hydrogen-bond donors (Lipinski definition) is 1. The molecular formula is C13H12F2N4O. The summed E-state index contributed by atoms with van der Waals surface area (Å²) in [4.78, 5) is 13.3. The maximum absolute atomic E-state index is 13.3. The van der Waals surface area contributed by atoms with Crippen LogP contribution in [-0.2, 0) is 4.84 Å². The van der Waals surface area contributed by atoms with Crippen LogP contribution in [0, 0.1) is 11.6 Å². The first kappa shape index (κ1) is 12.7. The molecule has 0 amide bonds. The van der Waals surface area contributed by atoms with Crippen LogP contribution in [0.1, 0.15) is 18.0 Å². The zero-order valence-electron chi connectivity index (χ0n) is 10.5. The van der Waals surface area contributed by atoms with Crippen LogP contribution >= 0.6 is 0 Å². The number of hydroxylamine groups is 1. The minimum atomic E-state index is -0.617. The number of nitrogens with two attached hydrogens (primary N) is 1. The van der Waals surface area contributed by atoms with Crippen LogP contribution in [0.3, 0.4) is 0 Å². The molecule has 1 atom stereocenters. The van der Waals surface area contributed by atoms with Crippen molar-refractivity contribution in [1.29, 1.82) is 0 Å². The lowest BCUT2D eigenvalue weighted by Gasteiger charge is -2.23. The van der Waals surface area contributed by atoms with E-state index in [1.165, 1.54) is 23.5 Å². The number of nitrogens with zero attached hydrogens (tertiary/aromatic N) is 3. The molecule has 0 spiro atoms. The molecule has 0 saturated carbocycles. The van der Waals surface area contributed by atoms with Gasteiger partial charge in [0, 0.05) is 18.6 Å². The predicted molar refractivity (Wildman–Crippen MR) is 68.6 cm³/mol. The molecule has 1 aliphatic rings. The van der Waals surface area contributed by atoms with Gasteiger partial charge in [-0.2, -0.15) is 0 Å². The average molecular weight is 278 g/mol. The van der Waals surface area contributed by atoms with Crippen molar-refractivity contribution in [3.05, 3.63) is 47.8 Å². The summed E-state index contributed by atoms with van der Waals surface area (Å²) in [6.07, 6.45) is 1.92. The fourth-order valence-electron chi connectivity index (χ4n) is 2.25. The number of hydrogen-bond acceptors (Lipinski definition) is 5. The zero-order chi connectivity index (χ0) is 14.1. The third kappa shape index (κ3) is 2.39. The first-order chi connectivity index (χ1) is 9.63. The smallest absolute Gasteiger partial charge is 0.158 e. The second-order valence-electron chi connectivity index (χ2n) is 4.47. The number of rotatable bonds is 2. The van der Waals surface area contributed by atoms with E-state index in [9.17, 15) is 8.78 Å². The molecule has 0 aliphatic carbocycles. The van der Waals surface area contributed by atoms with Gasteiger partial charge in [-0.05, 0) is 17.7 Å². The van der Waals surface area contributed by atoms with Crippen LogP contribution in [0.2, 0.25) is 0 Å². The monoisotopic (exact) mass is 278 g/mol. The van der Waals surface area contributed by atoms with E-state index in [-0.39, 0.29) is 6.04 Å². The highest BCUT2D eigenvalue weighted by molar-refractivity contribution is 5.46. The normalized spacial score (nSPS) is 18.5. The maximum atomic E-state index is 13.3. The average Bonchev–Trinajstić information content (AvgIpc) is 2.86. The number of halogens is 2. The third-order valence-electron chi connectivity index (χ3n) is 3.07. The van der Waals surface area contributed by atoms with Crippen molar-refractivity contribution in [2.45, 2.75) is 12.5 Å². The highest BCUT2D eigenvalue weighted by Gasteiger charge is 2.29. The molecule has 2 N–H and O–H groups in total. The van der Waals surface area contributed by atoms with Crippen molar-refractivity contribution >= 4 is 11.6 Å². The van der Waals surface area contributed by atoms with E-state index in [1.54, 1.807) is 6.07 Å². The first-order valence-electron chi connectivity index (χ1n) is 6.09. The van der Waals surface area contributed by atoms with Crippen LogP contribution in [0.25, 0.3) is 0 Å². The van der Waals surface area contributed by atoms with E-state index in [0.29, 0.717) is 30.2 Å². The second kappa shape index (κ2) is 5.01. The van der Waals surface area contributed by atoms with Crippen LogP contribution in [0.15, 0.2) is 30.6 Å². The van der Waals surface area contributed by atoms with Gasteiger partial charge in [-0.3, -0.25) is 4.84 Å². The lowest BCUT2D eigenvalue weighted by molar-refractivity contribution is 0.156. The minimum absolute atomic E-state index is 0.301. The number of nitrogen functional groups attached to an aromatic ring is 1. The number of anilines is 2. The molecule has 3 rings (SSSR count). The molecule has 1 unspecified atom stereocenters. The Morgan fingerprint density at radius 3 is 2.60 bits per heavy atom. The van der Waals surface area contributed by atoms with Gasteiger partial charge in [0.05, 0.1) is 12.6 Å². The second-order valence-corrected chi connectivity index (χ2v) is 4.47. The Bertz CT molecular complexity index is 617. The summed E-state index contributed by atoms with van der Waals surface area (Å²) in [7, 11) is 0. The highest BCUT2D eigenvalue weighted by atomic mass is 19.1. The van der Waals surface area contributed by atoms with E-state index >= 15 is 0 Å². The molecule has 1 aliphatic heterocycles. The Balaban J connectivity index is 1.96. The van der Waals surface area contributed by atoms with Crippen molar-refractivity contribution in [3.8, 4) is 0 Å². The van der Waals surface area contributed by atoms with E-state index in [4.69, 9.17) is 10.6 Å². The van der Waals surface area contributed by atoms with Gasteiger partial charge in [0.25, 0.3) is 0 Å². The molecule has 2 aromatic rings. The van der Waals surface area contributed by atoms with Gasteiger partial charge < -0.3 is 5.73 Å². The largest absolute Gasteiger partial charge is 0.384 e. The third-order valence-corrected chi connectivity index (χ3v) is 3.07. The van der Waals surface area contributed by atoms with Gasteiger partial charge in [0.15, 0.2) is 5.82 Å². The van der Waals surface area contributed by atoms with Crippen molar-refractivity contribution in [1.82, 2.24) is 9.97 Å². The zero-order valence-corrected chi connectivity index (χ0v) is 10.5. The topological polar surface area (TPSA) is 64.3 Å². The quantitative estimate of drug-likeness (QED) is 0.912. The fourth-order valence-corrected chi connectivity index (χ4v) is 2.25. The van der Waals surface area contributed by atoms with E-state index in [1.807, 2.05) is 0 Å². The number of aromatic nitrogens is 2. The van der Waals surface area contributed by atoms with Gasteiger partial charge >= 0.3 is 0 Å². The molecule has 104 valence electrons. The van der Waals surface area contributed by atoms with E-state index < -0.39 is 11.6 Å². The SMILES string of the molecule is Nc1cc(N2OCCC2c2cc(F)cc(F)c2)ncn1. The Morgan fingerprint density at radius 1 is 1.15 bits per heavy atom. The Morgan fingerprint density at radius 2 is 1.90 bits per heavy atom. The first-order valence-corrected chi connectivity index (χ1v) is 6.09. The maximum Gasteiger partial charge on any atom is 0.158 e. The molecule has 0 bridgehead atoms. The molecule has 0 radical (unpaired) electrons. The van der Waals surface area contributed by atoms with Crippen molar-refractivity contribution in [2.24, 2.45) is 0 Å². The van der Waals surface area contributed by atoms with Crippen molar-refractivity contribution in [3.63, 3.8) is 0 Å². The molecule has 1 saturated heterocycles. The predicted octanol–water partition coefficient (Wildman–Crippen LogP) is 2.22. The fraction of sp³-hybridized carbons (Fsp3) is 0.231. The molecule has 7 heteroatoms. The lowest BCUT2D eigenvalue weighted by atomic mass is 10.0. The summed E-state index contributed by atoms with van der Waals surface area (Å²) in [5, 5.41) is 1.51. The molecule has 1 aromatic carbocycles. The summed E-state index contributed by atoms with van der Waals surface area (Å²) < 4.78 is 26.7. The molecular weight excluding hydrogens is 266 g/mol. The summed E-state index contributed by atoms with van der Waals surface area (Å²) >= 11 is 0. The van der Waals surface area contributed by atoms with Crippen LogP contribution in [0.4, 0.5) is 20.4 Å². The molecule has 2 heterocycles. The Hall–Kier alpha value is -2.28. The van der Waals surface area contributed by atoms with Gasteiger partial charge in [-0.25, -0.2) is 23.8 Å². The van der Waals surface area contributed by atoms with Crippen LogP contribution in [-0.4, -0.2) is 16.6 Å². The van der Waals surface area contributed by atoms with Gasteiger partial charge in [0.2, 0.25) is 0 Å². The molecule has 1 aromatic heterocycles. The standard InChI is InChI=1S/C13H12F2N4O/c14-9-3-8(4-10(15)5-9)11-1-2-20-19(11)13-6-12(16)17-7-18-13/h3-7,11H,1-2H2,(H2,16,17,18). The summed E-state index contributed by atoms with van der Waals surface area (Å²) in [5.41, 5.74) is 6.10. The van der Waals surface area contributed by atoms with E-state index in [2.05, 4.69) is 9.97 Å². The van der Waals surface area contributed by atoms with Crippen LogP contribution < -0.4 is 10.8 Å². The summed E-state index contributed by atoms with van der Waals surface area (Å²) in [6, 6.07) is 4.66. The Labute approximate surface area is 114 Å². The minimum Gasteiger partial charge on any atom is -0.384 e. The van der Waals surface area contributed by atoms with Gasteiger partial charge in [-0.1, -0.05) is 0 Å². The summed E-state index contributed by atoms with van der Waals surface area (Å²) in [6.45, 7) is 0.437. The van der Waals surface area contributed by atoms with Crippen molar-refractivity contribution < 1.29 is 13.6 Å². The number of benzene rings is 1. The molecule has 1 fully saturated rings. The van der Waals surface area contributed by atoms with Crippen molar-refractivity contribution in [2.75, 3.05) is 17.4 Å². The molecule has 20 heavy (non-hydrogen) atoms. The molecule has 5 nitrogen and oxygen atoms in total. The highest BCUT2D eigenvalue weighted by Crippen LogP contribution is 2.34. The Kier molecular flexibility index (Phi) is 3.19. The van der Waals surface area contributed by atoms with E-state index in [0.717, 1.165) is 6.07 Å². The lowest BCUT2D eigenvalue weighted by Crippen LogP contribution is -2.22. The van der Waals surface area contributed by atoms with Gasteiger partial charge in [0.1, 0.15) is 23.8 Å².